The molecule has 1 aliphatic heterocycles. The summed E-state index contributed by atoms with van der Waals surface area (Å²) in [6, 6.07) is 0.912. The SMILES string of the molecule is Cc1nc(CNC(=O)N[C@@H]2CCCN(c3ccn(C)n3)C2=O)sc1C. The summed E-state index contributed by atoms with van der Waals surface area (Å²) in [7, 11) is 1.81. The fourth-order valence-corrected chi connectivity index (χ4v) is 3.64. The van der Waals surface area contributed by atoms with Crippen LogP contribution in [0.3, 0.4) is 0 Å². The van der Waals surface area contributed by atoms with Crippen LogP contribution in [-0.4, -0.2) is 39.3 Å². The highest BCUT2D eigenvalue weighted by atomic mass is 32.1. The zero-order valence-corrected chi connectivity index (χ0v) is 15.4. The van der Waals surface area contributed by atoms with Crippen molar-refractivity contribution in [3.8, 4) is 0 Å². The Morgan fingerprint density at radius 3 is 2.88 bits per heavy atom. The summed E-state index contributed by atoms with van der Waals surface area (Å²) in [5.74, 6) is 0.495. The summed E-state index contributed by atoms with van der Waals surface area (Å²) in [6.07, 6.45) is 3.24. The van der Waals surface area contributed by atoms with Gasteiger partial charge in [-0.2, -0.15) is 5.10 Å². The average molecular weight is 362 g/mol. The molecule has 0 saturated carbocycles. The van der Waals surface area contributed by atoms with E-state index in [2.05, 4.69) is 20.7 Å². The van der Waals surface area contributed by atoms with E-state index in [0.717, 1.165) is 22.0 Å². The van der Waals surface area contributed by atoms with Gasteiger partial charge in [0.15, 0.2) is 5.82 Å². The minimum absolute atomic E-state index is 0.124. The number of anilines is 1. The molecule has 1 atom stereocenters. The van der Waals surface area contributed by atoms with Crippen molar-refractivity contribution in [3.63, 3.8) is 0 Å². The van der Waals surface area contributed by atoms with Crippen LogP contribution in [0.15, 0.2) is 12.3 Å². The minimum Gasteiger partial charge on any atom is -0.332 e. The van der Waals surface area contributed by atoms with Crippen LogP contribution in [0.25, 0.3) is 0 Å². The molecule has 0 aliphatic carbocycles. The van der Waals surface area contributed by atoms with E-state index in [9.17, 15) is 9.59 Å². The largest absolute Gasteiger partial charge is 0.332 e. The van der Waals surface area contributed by atoms with Gasteiger partial charge in [-0.25, -0.2) is 9.78 Å². The van der Waals surface area contributed by atoms with Gasteiger partial charge in [0.25, 0.3) is 5.91 Å². The number of hydrogen-bond donors (Lipinski definition) is 2. The standard InChI is InChI=1S/C16H22N6O2S/c1-10-11(2)25-14(18-10)9-17-16(24)19-12-5-4-7-22(15(12)23)13-6-8-21(3)20-13/h6,8,12H,4-5,7,9H2,1-3H3,(H2,17,19,24)/t12-/m1/s1. The smallest absolute Gasteiger partial charge is 0.315 e. The number of nitrogens with zero attached hydrogens (tertiary/aromatic N) is 4. The molecule has 0 radical (unpaired) electrons. The molecule has 2 aromatic rings. The summed E-state index contributed by atoms with van der Waals surface area (Å²) in [4.78, 5) is 31.9. The third-order valence-corrected chi connectivity index (χ3v) is 5.27. The molecule has 1 aliphatic rings. The topological polar surface area (TPSA) is 92.2 Å². The first-order chi connectivity index (χ1) is 11.9. The molecule has 25 heavy (non-hydrogen) atoms. The van der Waals surface area contributed by atoms with E-state index in [1.54, 1.807) is 33.2 Å². The van der Waals surface area contributed by atoms with Gasteiger partial charge in [0.2, 0.25) is 0 Å². The second-order valence-electron chi connectivity index (χ2n) is 6.11. The Kier molecular flexibility index (Phi) is 5.03. The number of aryl methyl sites for hydroxylation is 3. The van der Waals surface area contributed by atoms with Gasteiger partial charge in [0.1, 0.15) is 11.0 Å². The first-order valence-electron chi connectivity index (χ1n) is 8.22. The van der Waals surface area contributed by atoms with Gasteiger partial charge in [-0.3, -0.25) is 14.4 Å². The molecular formula is C16H22N6O2S. The van der Waals surface area contributed by atoms with Gasteiger partial charge in [-0.05, 0) is 26.7 Å². The Hall–Kier alpha value is -2.42. The van der Waals surface area contributed by atoms with E-state index in [0.29, 0.717) is 25.3 Å². The van der Waals surface area contributed by atoms with Gasteiger partial charge in [0.05, 0.1) is 12.2 Å². The molecule has 8 nitrogen and oxygen atoms in total. The lowest BCUT2D eigenvalue weighted by Gasteiger charge is -2.31. The van der Waals surface area contributed by atoms with Crippen molar-refractivity contribution in [3.05, 3.63) is 27.8 Å². The normalized spacial score (nSPS) is 17.6. The maximum Gasteiger partial charge on any atom is 0.315 e. The Labute approximate surface area is 150 Å². The molecule has 2 aromatic heterocycles. The van der Waals surface area contributed by atoms with Crippen LogP contribution in [0.4, 0.5) is 10.6 Å². The summed E-state index contributed by atoms with van der Waals surface area (Å²) < 4.78 is 1.66. The number of carbonyl (C=O) groups excluding carboxylic acids is 2. The lowest BCUT2D eigenvalue weighted by molar-refractivity contribution is -0.121. The Balaban J connectivity index is 1.56. The summed E-state index contributed by atoms with van der Waals surface area (Å²) in [5.41, 5.74) is 0.982. The molecule has 1 fully saturated rings. The second-order valence-corrected chi connectivity index (χ2v) is 7.40. The fraction of sp³-hybridized carbons (Fsp3) is 0.500. The highest BCUT2D eigenvalue weighted by Gasteiger charge is 2.31. The van der Waals surface area contributed by atoms with Crippen molar-refractivity contribution in [1.82, 2.24) is 25.4 Å². The van der Waals surface area contributed by atoms with Crippen LogP contribution < -0.4 is 15.5 Å². The number of thiazole rings is 1. The first kappa shape index (κ1) is 17.4. The zero-order valence-electron chi connectivity index (χ0n) is 14.6. The van der Waals surface area contributed by atoms with Crippen molar-refractivity contribution < 1.29 is 9.59 Å². The number of rotatable bonds is 4. The predicted octanol–water partition coefficient (Wildman–Crippen LogP) is 1.49. The van der Waals surface area contributed by atoms with Crippen LogP contribution in [-0.2, 0) is 18.4 Å². The number of urea groups is 1. The second kappa shape index (κ2) is 7.22. The lowest BCUT2D eigenvalue weighted by atomic mass is 10.1. The molecule has 0 spiro atoms. The van der Waals surface area contributed by atoms with Crippen LogP contribution >= 0.6 is 11.3 Å². The van der Waals surface area contributed by atoms with E-state index >= 15 is 0 Å². The Morgan fingerprint density at radius 1 is 1.44 bits per heavy atom. The van der Waals surface area contributed by atoms with Crippen molar-refractivity contribution in [2.24, 2.45) is 7.05 Å². The van der Waals surface area contributed by atoms with E-state index in [4.69, 9.17) is 0 Å². The first-order valence-corrected chi connectivity index (χ1v) is 9.04. The van der Waals surface area contributed by atoms with Crippen LogP contribution in [0.1, 0.15) is 28.4 Å². The molecule has 3 rings (SSSR count). The van der Waals surface area contributed by atoms with Crippen molar-refractivity contribution in [2.45, 2.75) is 39.3 Å². The predicted molar refractivity (Wildman–Crippen MR) is 95.5 cm³/mol. The van der Waals surface area contributed by atoms with Gasteiger partial charge in [-0.1, -0.05) is 0 Å². The Morgan fingerprint density at radius 2 is 2.24 bits per heavy atom. The molecule has 1 saturated heterocycles. The molecule has 0 unspecified atom stereocenters. The molecule has 134 valence electrons. The van der Waals surface area contributed by atoms with Crippen LogP contribution in [0, 0.1) is 13.8 Å². The monoisotopic (exact) mass is 362 g/mol. The third-order valence-electron chi connectivity index (χ3n) is 4.19. The maximum absolute atomic E-state index is 12.6. The molecule has 3 heterocycles. The molecule has 0 bridgehead atoms. The van der Waals surface area contributed by atoms with Gasteiger partial charge in [0, 0.05) is 30.7 Å². The van der Waals surface area contributed by atoms with Crippen molar-refractivity contribution in [1.29, 1.82) is 0 Å². The van der Waals surface area contributed by atoms with Gasteiger partial charge in [-0.15, -0.1) is 11.3 Å². The summed E-state index contributed by atoms with van der Waals surface area (Å²) >= 11 is 1.56. The highest BCUT2D eigenvalue weighted by Crippen LogP contribution is 2.19. The average Bonchev–Trinajstić information content (AvgIpc) is 3.13. The van der Waals surface area contributed by atoms with E-state index in [1.165, 1.54) is 0 Å². The number of hydrogen-bond acceptors (Lipinski definition) is 5. The lowest BCUT2D eigenvalue weighted by Crippen LogP contribution is -2.54. The molecule has 0 aromatic carbocycles. The van der Waals surface area contributed by atoms with E-state index in [-0.39, 0.29) is 11.9 Å². The zero-order chi connectivity index (χ0) is 18.0. The van der Waals surface area contributed by atoms with Gasteiger partial charge < -0.3 is 10.6 Å². The maximum atomic E-state index is 12.6. The minimum atomic E-state index is -0.532. The number of piperidine rings is 1. The number of nitrogens with one attached hydrogen (secondary N) is 2. The number of carbonyl (C=O) groups is 2. The van der Waals surface area contributed by atoms with E-state index < -0.39 is 6.04 Å². The fourth-order valence-electron chi connectivity index (χ4n) is 2.76. The summed E-state index contributed by atoms with van der Waals surface area (Å²) in [5, 5.41) is 10.7. The summed E-state index contributed by atoms with van der Waals surface area (Å²) in [6.45, 7) is 4.93. The van der Waals surface area contributed by atoms with Crippen molar-refractivity contribution >= 4 is 29.1 Å². The Bertz CT molecular complexity index is 764. The number of amides is 3. The third kappa shape index (κ3) is 3.98. The number of aromatic nitrogens is 3. The van der Waals surface area contributed by atoms with Crippen LogP contribution in [0.2, 0.25) is 0 Å². The van der Waals surface area contributed by atoms with Crippen molar-refractivity contribution in [2.75, 3.05) is 11.4 Å². The molecule has 9 heteroatoms. The van der Waals surface area contributed by atoms with E-state index in [1.807, 2.05) is 20.9 Å². The van der Waals surface area contributed by atoms with Crippen LogP contribution in [0.5, 0.6) is 0 Å². The van der Waals surface area contributed by atoms with Gasteiger partial charge >= 0.3 is 6.03 Å². The quantitative estimate of drug-likeness (QED) is 0.862. The molecular weight excluding hydrogens is 340 g/mol. The molecule has 3 amide bonds. The highest BCUT2D eigenvalue weighted by molar-refractivity contribution is 7.11. The molecule has 2 N–H and O–H groups in total.